The van der Waals surface area contributed by atoms with Gasteiger partial charge in [0.1, 0.15) is 0 Å². The molecule has 0 rings (SSSR count). The van der Waals surface area contributed by atoms with Gasteiger partial charge in [0, 0.05) is 17.1 Å². The summed E-state index contributed by atoms with van der Waals surface area (Å²) >= 11 is 7.21. The third-order valence-corrected chi connectivity index (χ3v) is 2.83. The second-order valence-corrected chi connectivity index (χ2v) is 10.7. The van der Waals surface area contributed by atoms with Crippen molar-refractivity contribution in [1.29, 1.82) is 0 Å². The molecule has 2 unspecified atom stereocenters. The fourth-order valence-corrected chi connectivity index (χ4v) is 1.79. The molecule has 6 nitrogen and oxygen atoms in total. The van der Waals surface area contributed by atoms with Crippen molar-refractivity contribution < 1.29 is 46.4 Å². The fraction of sp³-hybridized carbons (Fsp3) is 1.00. The Hall–Kier alpha value is 1.58. The Kier molecular flexibility index (Phi) is 23.9. The zero-order valence-corrected chi connectivity index (χ0v) is 18.6. The molecule has 2 atom stereocenters. The number of rotatable bonds is 6. The summed E-state index contributed by atoms with van der Waals surface area (Å²) in [4.78, 5) is 45.3. The monoisotopic (exact) mass is 461 g/mol. The van der Waals surface area contributed by atoms with Crippen molar-refractivity contribution in [3.8, 4) is 0 Å². The van der Waals surface area contributed by atoms with Crippen LogP contribution in [-0.2, 0) is 40.7 Å². The quantitative estimate of drug-likeness (QED) is 0.264. The second kappa shape index (κ2) is 17.0. The van der Waals surface area contributed by atoms with E-state index in [1.807, 2.05) is 0 Å². The molecule has 0 fully saturated rings. The first-order chi connectivity index (χ1) is 9.57. The molecule has 0 saturated heterocycles. The van der Waals surface area contributed by atoms with Crippen molar-refractivity contribution in [3.63, 3.8) is 0 Å². The van der Waals surface area contributed by atoms with Gasteiger partial charge in [-0.15, -0.1) is 0 Å². The van der Waals surface area contributed by atoms with Gasteiger partial charge < -0.3 is 29.4 Å². The van der Waals surface area contributed by atoms with Crippen LogP contribution in [0.25, 0.3) is 0 Å². The van der Waals surface area contributed by atoms with Crippen LogP contribution in [0.2, 0.25) is 0 Å². The van der Waals surface area contributed by atoms with Gasteiger partial charge >= 0.3 is 13.4 Å². The van der Waals surface area contributed by atoms with Crippen LogP contribution in [0.3, 0.4) is 0 Å². The molecule has 0 bridgehead atoms. The molecule has 0 aromatic carbocycles. The molecule has 0 aromatic rings. The van der Waals surface area contributed by atoms with Crippen LogP contribution >= 0.6 is 13.4 Å². The molecular formula is C12H32CuO6P2S2. The summed E-state index contributed by atoms with van der Waals surface area (Å²) in [5.74, 6) is 2.70. The summed E-state index contributed by atoms with van der Waals surface area (Å²) in [5, 5.41) is 0. The van der Waals surface area contributed by atoms with Crippen LogP contribution in [0, 0.1) is 17.8 Å². The topological polar surface area (TPSA) is 121 Å². The molecule has 1 radical (unpaired) electrons. The van der Waals surface area contributed by atoms with Gasteiger partial charge in [0.05, 0.1) is 0 Å². The summed E-state index contributed by atoms with van der Waals surface area (Å²) < 4.78 is 0. The van der Waals surface area contributed by atoms with Gasteiger partial charge in [-0.05, 0) is 47.8 Å². The first kappa shape index (κ1) is 32.3. The van der Waals surface area contributed by atoms with Crippen LogP contribution < -0.4 is 0 Å². The molecule has 149 valence electrons. The molecule has 0 heterocycles. The van der Waals surface area contributed by atoms with Crippen LogP contribution in [0.1, 0.15) is 60.3 Å². The standard InChI is InChI=1S/C12H26.Cu.2H3O3PS/c1-6-7-8-11(4)12(5)9-10(2)3;;2*1-4(2,3)5/h10-12H,6-9H2,1-5H3;;2*(H3,1,2,3,5). The summed E-state index contributed by atoms with van der Waals surface area (Å²) in [6, 6.07) is 0. The number of unbranched alkanes of at least 4 members (excludes halogenated alkanes) is 1. The van der Waals surface area contributed by atoms with E-state index in [0.29, 0.717) is 0 Å². The van der Waals surface area contributed by atoms with E-state index in [2.05, 4.69) is 58.2 Å². The second-order valence-electron chi connectivity index (χ2n) is 5.75. The molecule has 0 spiro atoms. The first-order valence-electron chi connectivity index (χ1n) is 7.14. The normalized spacial score (nSPS) is 13.7. The third kappa shape index (κ3) is 59.5. The minimum atomic E-state index is -3.81. The van der Waals surface area contributed by atoms with E-state index in [1.54, 1.807) is 0 Å². The smallest absolute Gasteiger partial charge is 0.319 e. The number of hydrogen-bond acceptors (Lipinski definition) is 2. The van der Waals surface area contributed by atoms with Gasteiger partial charge in [-0.25, -0.2) is 0 Å². The van der Waals surface area contributed by atoms with Crippen molar-refractivity contribution >= 4 is 37.1 Å². The molecule has 0 aromatic heterocycles. The van der Waals surface area contributed by atoms with Gasteiger partial charge in [-0.2, -0.15) is 0 Å². The maximum atomic E-state index is 7.56. The molecule has 23 heavy (non-hydrogen) atoms. The molecule has 0 saturated carbocycles. The average Bonchev–Trinajstić information content (AvgIpc) is 2.19. The van der Waals surface area contributed by atoms with Crippen LogP contribution in [0.15, 0.2) is 0 Å². The maximum absolute atomic E-state index is 7.56. The van der Waals surface area contributed by atoms with Crippen molar-refractivity contribution in [2.75, 3.05) is 0 Å². The SMILES string of the molecule is CCCCC(C)C(C)CC(C)C.OP(O)(O)=S.OP(O)(O)=S.[Cu]. The molecule has 0 aliphatic carbocycles. The minimum absolute atomic E-state index is 0. The molecule has 0 aliphatic rings. The van der Waals surface area contributed by atoms with E-state index < -0.39 is 13.4 Å². The van der Waals surface area contributed by atoms with E-state index in [0.717, 1.165) is 17.8 Å². The molecule has 0 aliphatic heterocycles. The predicted molar refractivity (Wildman–Crippen MR) is 99.2 cm³/mol. The minimum Gasteiger partial charge on any atom is -0.325 e. The number of hydrogen-bond donors (Lipinski definition) is 6. The van der Waals surface area contributed by atoms with E-state index in [1.165, 1.54) is 25.7 Å². The van der Waals surface area contributed by atoms with Gasteiger partial charge in [-0.3, -0.25) is 0 Å². The van der Waals surface area contributed by atoms with E-state index in [-0.39, 0.29) is 17.1 Å². The van der Waals surface area contributed by atoms with Crippen LogP contribution in [0.5, 0.6) is 0 Å². The molecule has 0 amide bonds. The summed E-state index contributed by atoms with van der Waals surface area (Å²) in [6.45, 7) is 4.12. The van der Waals surface area contributed by atoms with Crippen molar-refractivity contribution in [1.82, 2.24) is 0 Å². The van der Waals surface area contributed by atoms with Crippen LogP contribution in [-0.4, -0.2) is 29.4 Å². The zero-order chi connectivity index (χ0) is 18.6. The molecule has 6 N–H and O–H groups in total. The average molecular weight is 462 g/mol. The molecular weight excluding hydrogens is 430 g/mol. The first-order valence-corrected chi connectivity index (χ1v) is 12.5. The third-order valence-electron chi connectivity index (χ3n) is 2.83. The Labute approximate surface area is 161 Å². The maximum Gasteiger partial charge on any atom is 0.319 e. The van der Waals surface area contributed by atoms with E-state index in [4.69, 9.17) is 29.4 Å². The molecule has 11 heteroatoms. The van der Waals surface area contributed by atoms with Gasteiger partial charge in [0.2, 0.25) is 0 Å². The Balaban J connectivity index is -0.000000137. The van der Waals surface area contributed by atoms with Gasteiger partial charge in [0.25, 0.3) is 0 Å². The summed E-state index contributed by atoms with van der Waals surface area (Å²) in [5.41, 5.74) is 0. The fourth-order valence-electron chi connectivity index (χ4n) is 1.79. The van der Waals surface area contributed by atoms with E-state index >= 15 is 0 Å². The van der Waals surface area contributed by atoms with Crippen molar-refractivity contribution in [2.45, 2.75) is 60.3 Å². The van der Waals surface area contributed by atoms with Gasteiger partial charge in [0.15, 0.2) is 0 Å². The Bertz CT molecular complexity index is 312. The Morgan fingerprint density at radius 2 is 1.09 bits per heavy atom. The van der Waals surface area contributed by atoms with E-state index in [9.17, 15) is 0 Å². The Morgan fingerprint density at radius 1 is 0.783 bits per heavy atom. The Morgan fingerprint density at radius 3 is 1.30 bits per heavy atom. The predicted octanol–water partition coefficient (Wildman–Crippen LogP) is 2.87. The summed E-state index contributed by atoms with van der Waals surface area (Å²) in [6.07, 6.45) is 5.57. The van der Waals surface area contributed by atoms with Gasteiger partial charge in [-0.1, -0.05) is 53.9 Å². The summed E-state index contributed by atoms with van der Waals surface area (Å²) in [7, 11) is 0. The van der Waals surface area contributed by atoms with Crippen molar-refractivity contribution in [2.24, 2.45) is 17.8 Å². The zero-order valence-electron chi connectivity index (χ0n) is 14.3. The largest absolute Gasteiger partial charge is 0.325 e. The van der Waals surface area contributed by atoms with Crippen LogP contribution in [0.4, 0.5) is 0 Å². The van der Waals surface area contributed by atoms with Crippen molar-refractivity contribution in [3.05, 3.63) is 0 Å².